The van der Waals surface area contributed by atoms with Crippen LogP contribution < -0.4 is 21.7 Å². The van der Waals surface area contributed by atoms with Gasteiger partial charge in [-0.25, -0.2) is 13.2 Å². The summed E-state index contributed by atoms with van der Waals surface area (Å²) in [6.45, 7) is 11.5. The fraction of sp³-hybridized carbons (Fsp3) is 0.839. The van der Waals surface area contributed by atoms with Gasteiger partial charge in [-0.3, -0.25) is 19.2 Å². The van der Waals surface area contributed by atoms with E-state index < -0.39 is 68.5 Å². The standard InChI is InChI=1S/C31H51N5O7S/c1-7-44(42,43)17-31(13-9-8-10-14-31)35-28(41)34-24(29(2,3)4)27(40)36-16-19-21(30(19,5)6)22(36)26(39)33-20(15-18-11-12-18)23(37)25(32)38/h18-22,24H,7-17H2,1-6H3,(H2,32,38)(H,33,39)(H2,34,35,41)/t19-,20?,21-,22-,24+/m0/s1. The van der Waals surface area contributed by atoms with Gasteiger partial charge in [0, 0.05) is 12.3 Å². The van der Waals surface area contributed by atoms with Gasteiger partial charge in [-0.2, -0.15) is 0 Å². The molecular formula is C31H51N5O7S. The molecule has 5 amide bonds. The van der Waals surface area contributed by atoms with Crippen LogP contribution >= 0.6 is 0 Å². The number of Topliss-reactive ketones (excluding diaryl/α,β-unsaturated/α-hetero) is 1. The molecule has 0 aromatic rings. The number of hydrogen-bond donors (Lipinski definition) is 4. The van der Waals surface area contributed by atoms with Crippen LogP contribution in [-0.4, -0.2) is 84.6 Å². The number of primary amides is 1. The van der Waals surface area contributed by atoms with Gasteiger partial charge in [-0.15, -0.1) is 0 Å². The van der Waals surface area contributed by atoms with Gasteiger partial charge in [0.15, 0.2) is 9.84 Å². The quantitative estimate of drug-likeness (QED) is 0.234. The Balaban J connectivity index is 1.54. The van der Waals surface area contributed by atoms with Crippen molar-refractivity contribution in [3.63, 3.8) is 0 Å². The van der Waals surface area contributed by atoms with E-state index >= 15 is 0 Å². The molecule has 3 saturated carbocycles. The van der Waals surface area contributed by atoms with Crippen molar-refractivity contribution in [2.75, 3.05) is 18.1 Å². The monoisotopic (exact) mass is 637 g/mol. The van der Waals surface area contributed by atoms with Crippen molar-refractivity contribution >= 4 is 39.4 Å². The largest absolute Gasteiger partial charge is 0.363 e. The van der Waals surface area contributed by atoms with Gasteiger partial charge < -0.3 is 26.6 Å². The van der Waals surface area contributed by atoms with Crippen LogP contribution in [0.25, 0.3) is 0 Å². The molecule has 4 fully saturated rings. The molecule has 0 radical (unpaired) electrons. The summed E-state index contributed by atoms with van der Waals surface area (Å²) in [5.41, 5.74) is 3.43. The van der Waals surface area contributed by atoms with E-state index in [1.54, 1.807) is 6.92 Å². The maximum atomic E-state index is 14.2. The van der Waals surface area contributed by atoms with Crippen molar-refractivity contribution < 1.29 is 32.4 Å². The first-order chi connectivity index (χ1) is 20.3. The summed E-state index contributed by atoms with van der Waals surface area (Å²) in [6, 6.07) is -3.55. The van der Waals surface area contributed by atoms with E-state index in [9.17, 15) is 32.4 Å². The zero-order chi connectivity index (χ0) is 32.8. The van der Waals surface area contributed by atoms with Crippen molar-refractivity contribution in [3.8, 4) is 0 Å². The summed E-state index contributed by atoms with van der Waals surface area (Å²) in [7, 11) is -3.38. The van der Waals surface area contributed by atoms with Crippen LogP contribution in [0, 0.1) is 28.6 Å². The Bertz CT molecular complexity index is 1280. The number of carbonyl (C=O) groups is 5. The number of fused-ring (bicyclic) bond motifs is 1. The van der Waals surface area contributed by atoms with E-state index in [2.05, 4.69) is 16.0 Å². The van der Waals surface area contributed by atoms with Gasteiger partial charge >= 0.3 is 6.03 Å². The summed E-state index contributed by atoms with van der Waals surface area (Å²) >= 11 is 0. The molecule has 5 atom stereocenters. The first-order valence-corrected chi connectivity index (χ1v) is 17.9. The number of carbonyl (C=O) groups excluding carboxylic acids is 5. The molecule has 3 aliphatic carbocycles. The van der Waals surface area contributed by atoms with Crippen LogP contribution in [0.4, 0.5) is 4.79 Å². The summed E-state index contributed by atoms with van der Waals surface area (Å²) in [5, 5.41) is 8.55. The third-order valence-corrected chi connectivity index (χ3v) is 12.3. The predicted octanol–water partition coefficient (Wildman–Crippen LogP) is 1.66. The molecule has 0 spiro atoms. The maximum Gasteiger partial charge on any atom is 0.315 e. The summed E-state index contributed by atoms with van der Waals surface area (Å²) in [5.74, 6) is -2.89. The van der Waals surface area contributed by atoms with E-state index in [0.29, 0.717) is 25.8 Å². The second-order valence-corrected chi connectivity index (χ2v) is 17.6. The Morgan fingerprint density at radius 3 is 2.14 bits per heavy atom. The lowest BCUT2D eigenvalue weighted by Gasteiger charge is -2.40. The maximum absolute atomic E-state index is 14.2. The molecule has 1 unspecified atom stereocenters. The molecule has 248 valence electrons. The van der Waals surface area contributed by atoms with Crippen LogP contribution in [0.15, 0.2) is 0 Å². The van der Waals surface area contributed by atoms with Gasteiger partial charge in [0.25, 0.3) is 5.91 Å². The number of ketones is 1. The fourth-order valence-corrected chi connectivity index (χ4v) is 8.85. The van der Waals surface area contributed by atoms with Crippen molar-refractivity contribution in [2.45, 2.75) is 117 Å². The molecule has 4 rings (SSSR count). The number of sulfone groups is 1. The number of urea groups is 1. The van der Waals surface area contributed by atoms with Crippen molar-refractivity contribution in [1.29, 1.82) is 0 Å². The Labute approximate surface area is 261 Å². The molecule has 1 heterocycles. The van der Waals surface area contributed by atoms with E-state index in [1.165, 1.54) is 4.90 Å². The minimum absolute atomic E-state index is 0.0230. The highest BCUT2D eigenvalue weighted by atomic mass is 32.2. The summed E-state index contributed by atoms with van der Waals surface area (Å²) in [4.78, 5) is 67.4. The van der Waals surface area contributed by atoms with Gasteiger partial charge in [0.2, 0.25) is 17.6 Å². The molecule has 0 aromatic carbocycles. The average Bonchev–Trinajstić information content (AvgIpc) is 3.77. The van der Waals surface area contributed by atoms with Gasteiger partial charge in [0.1, 0.15) is 12.1 Å². The average molecular weight is 638 g/mol. The molecule has 12 nitrogen and oxygen atoms in total. The van der Waals surface area contributed by atoms with Gasteiger partial charge in [-0.05, 0) is 47.8 Å². The lowest BCUT2D eigenvalue weighted by Crippen LogP contribution is -2.64. The normalized spacial score (nSPS) is 27.0. The Kier molecular flexibility index (Phi) is 9.51. The minimum atomic E-state index is -3.38. The van der Waals surface area contributed by atoms with Gasteiger partial charge in [0.05, 0.1) is 17.3 Å². The van der Waals surface area contributed by atoms with Crippen LogP contribution in [0.3, 0.4) is 0 Å². The highest BCUT2D eigenvalue weighted by Crippen LogP contribution is 2.65. The van der Waals surface area contributed by atoms with Crippen molar-refractivity contribution in [2.24, 2.45) is 34.3 Å². The third kappa shape index (κ3) is 7.39. The van der Waals surface area contributed by atoms with E-state index in [1.807, 2.05) is 34.6 Å². The highest BCUT2D eigenvalue weighted by Gasteiger charge is 2.70. The number of piperidine rings is 1. The molecule has 5 N–H and O–H groups in total. The lowest BCUT2D eigenvalue weighted by molar-refractivity contribution is -0.145. The number of nitrogens with one attached hydrogen (secondary N) is 3. The molecule has 44 heavy (non-hydrogen) atoms. The zero-order valence-corrected chi connectivity index (χ0v) is 27.8. The van der Waals surface area contributed by atoms with Gasteiger partial charge in [-0.1, -0.05) is 73.6 Å². The van der Waals surface area contributed by atoms with Crippen LogP contribution in [-0.2, 0) is 29.0 Å². The molecular weight excluding hydrogens is 586 g/mol. The minimum Gasteiger partial charge on any atom is -0.363 e. The molecule has 0 aromatic heterocycles. The number of hydrogen-bond acceptors (Lipinski definition) is 7. The third-order valence-electron chi connectivity index (χ3n) is 10.4. The smallest absolute Gasteiger partial charge is 0.315 e. The topological polar surface area (TPSA) is 185 Å². The second kappa shape index (κ2) is 12.2. The number of nitrogens with zero attached hydrogens (tertiary/aromatic N) is 1. The molecule has 0 bridgehead atoms. The zero-order valence-electron chi connectivity index (χ0n) is 27.0. The Morgan fingerprint density at radius 1 is 1.00 bits per heavy atom. The lowest BCUT2D eigenvalue weighted by atomic mass is 9.83. The van der Waals surface area contributed by atoms with Crippen molar-refractivity contribution in [1.82, 2.24) is 20.9 Å². The molecule has 1 aliphatic heterocycles. The number of rotatable bonds is 12. The summed E-state index contributed by atoms with van der Waals surface area (Å²) in [6.07, 6.45) is 5.78. The molecule has 13 heteroatoms. The number of likely N-dealkylation sites (tertiary alicyclic amines) is 1. The first-order valence-electron chi connectivity index (χ1n) is 16.1. The number of nitrogens with two attached hydrogens (primary N) is 1. The molecule has 4 aliphatic rings. The Morgan fingerprint density at radius 2 is 1.61 bits per heavy atom. The van der Waals surface area contributed by atoms with Crippen LogP contribution in [0.5, 0.6) is 0 Å². The van der Waals surface area contributed by atoms with E-state index in [4.69, 9.17) is 5.73 Å². The van der Waals surface area contributed by atoms with Crippen molar-refractivity contribution in [3.05, 3.63) is 0 Å². The Hall–Kier alpha value is -2.70. The van der Waals surface area contributed by atoms with E-state index in [0.717, 1.165) is 32.1 Å². The predicted molar refractivity (Wildman–Crippen MR) is 165 cm³/mol. The fourth-order valence-electron chi connectivity index (χ4n) is 7.44. The van der Waals surface area contributed by atoms with Crippen LogP contribution in [0.2, 0.25) is 0 Å². The van der Waals surface area contributed by atoms with E-state index in [-0.39, 0.29) is 34.7 Å². The number of amides is 5. The first kappa shape index (κ1) is 34.2. The molecule has 1 saturated heterocycles. The van der Waals surface area contributed by atoms with Crippen LogP contribution in [0.1, 0.15) is 92.9 Å². The summed E-state index contributed by atoms with van der Waals surface area (Å²) < 4.78 is 25.2. The second-order valence-electron chi connectivity index (χ2n) is 15.3. The highest BCUT2D eigenvalue weighted by molar-refractivity contribution is 7.91. The SMILES string of the molecule is CCS(=O)(=O)CC1(NC(=O)N[C@H](C(=O)N2C[C@H]3[C@@H]([C@H]2C(=O)NC(CC2CC2)C(=O)C(N)=O)C3(C)C)C(C)(C)C)CCCCC1.